The van der Waals surface area contributed by atoms with Crippen LogP contribution in [-0.4, -0.2) is 35.4 Å². The summed E-state index contributed by atoms with van der Waals surface area (Å²) < 4.78 is 6.06. The maximum absolute atomic E-state index is 13.8. The number of benzene rings is 4. The zero-order valence-electron chi connectivity index (χ0n) is 21.7. The molecule has 0 aliphatic heterocycles. The Labute approximate surface area is 219 Å². The molecule has 4 aromatic carbocycles. The third kappa shape index (κ3) is 6.98. The van der Waals surface area contributed by atoms with E-state index in [9.17, 15) is 9.59 Å². The largest absolute Gasteiger partial charge is 0.483 e. The molecule has 0 saturated carbocycles. The van der Waals surface area contributed by atoms with Crippen molar-refractivity contribution < 1.29 is 14.3 Å². The van der Waals surface area contributed by atoms with Crippen LogP contribution in [-0.2, 0) is 22.6 Å². The summed E-state index contributed by atoms with van der Waals surface area (Å²) in [5.41, 5.74) is 3.06. The molecule has 0 saturated heterocycles. The van der Waals surface area contributed by atoms with Crippen LogP contribution in [0.2, 0.25) is 0 Å². The number of rotatable bonds is 10. The van der Waals surface area contributed by atoms with Gasteiger partial charge in [-0.1, -0.05) is 96.6 Å². The first kappa shape index (κ1) is 26.0. The molecule has 0 aliphatic carbocycles. The quantitative estimate of drug-likeness (QED) is 0.308. The van der Waals surface area contributed by atoms with Crippen molar-refractivity contribution in [3.05, 3.63) is 114 Å². The fourth-order valence-electron chi connectivity index (χ4n) is 4.49. The Balaban J connectivity index is 1.64. The molecule has 1 N–H and O–H groups in total. The molecule has 0 unspecified atom stereocenters. The number of amides is 2. The van der Waals surface area contributed by atoms with Crippen molar-refractivity contribution in [3.63, 3.8) is 0 Å². The monoisotopic (exact) mass is 494 g/mol. The van der Waals surface area contributed by atoms with E-state index in [4.69, 9.17) is 4.74 Å². The van der Waals surface area contributed by atoms with Crippen molar-refractivity contribution in [2.45, 2.75) is 45.8 Å². The van der Waals surface area contributed by atoms with Crippen molar-refractivity contribution in [1.29, 1.82) is 0 Å². The first-order valence-corrected chi connectivity index (χ1v) is 12.7. The lowest BCUT2D eigenvalue weighted by Gasteiger charge is -2.32. The minimum Gasteiger partial charge on any atom is -0.483 e. The van der Waals surface area contributed by atoms with Gasteiger partial charge in [-0.15, -0.1) is 0 Å². The molecule has 0 fully saturated rings. The van der Waals surface area contributed by atoms with Crippen LogP contribution in [0.15, 0.2) is 97.1 Å². The highest BCUT2D eigenvalue weighted by Gasteiger charge is 2.31. The van der Waals surface area contributed by atoms with Gasteiger partial charge in [0.05, 0.1) is 0 Å². The molecular formula is C32H34N2O3. The van der Waals surface area contributed by atoms with E-state index in [1.807, 2.05) is 118 Å². The minimum absolute atomic E-state index is 0.0476. The van der Waals surface area contributed by atoms with E-state index in [0.717, 1.165) is 27.5 Å². The molecule has 1 atom stereocenters. The predicted molar refractivity (Wildman–Crippen MR) is 148 cm³/mol. The van der Waals surface area contributed by atoms with Gasteiger partial charge in [0, 0.05) is 24.4 Å². The van der Waals surface area contributed by atoms with Gasteiger partial charge in [-0.2, -0.15) is 0 Å². The van der Waals surface area contributed by atoms with Crippen LogP contribution in [0.3, 0.4) is 0 Å². The summed E-state index contributed by atoms with van der Waals surface area (Å²) in [6.45, 7) is 6.01. The Morgan fingerprint density at radius 2 is 1.51 bits per heavy atom. The van der Waals surface area contributed by atoms with Crippen molar-refractivity contribution in [1.82, 2.24) is 10.2 Å². The summed E-state index contributed by atoms with van der Waals surface area (Å²) in [5, 5.41) is 5.01. The number of nitrogens with one attached hydrogen (secondary N) is 1. The van der Waals surface area contributed by atoms with Gasteiger partial charge < -0.3 is 15.0 Å². The minimum atomic E-state index is -0.686. The van der Waals surface area contributed by atoms with E-state index in [2.05, 4.69) is 5.32 Å². The van der Waals surface area contributed by atoms with E-state index in [1.165, 1.54) is 0 Å². The average molecular weight is 495 g/mol. The smallest absolute Gasteiger partial charge is 0.261 e. The molecule has 2 amide bonds. The highest BCUT2D eigenvalue weighted by atomic mass is 16.5. The van der Waals surface area contributed by atoms with Crippen LogP contribution in [0.5, 0.6) is 5.75 Å². The van der Waals surface area contributed by atoms with E-state index in [-0.39, 0.29) is 24.5 Å². The van der Waals surface area contributed by atoms with Gasteiger partial charge in [0.15, 0.2) is 6.61 Å². The maximum Gasteiger partial charge on any atom is 0.261 e. The molecule has 0 heterocycles. The van der Waals surface area contributed by atoms with Gasteiger partial charge in [0.1, 0.15) is 11.8 Å². The van der Waals surface area contributed by atoms with Crippen molar-refractivity contribution >= 4 is 22.6 Å². The number of nitrogens with zero attached hydrogens (tertiary/aromatic N) is 1. The number of carbonyl (C=O) groups is 2. The van der Waals surface area contributed by atoms with Gasteiger partial charge in [-0.05, 0) is 43.4 Å². The lowest BCUT2D eigenvalue weighted by Crippen LogP contribution is -2.52. The molecule has 0 radical (unpaired) electrons. The Kier molecular flexibility index (Phi) is 8.57. The Hall–Kier alpha value is -4.12. The van der Waals surface area contributed by atoms with Crippen molar-refractivity contribution in [2.24, 2.45) is 0 Å². The average Bonchev–Trinajstić information content (AvgIpc) is 2.89. The first-order valence-electron chi connectivity index (χ1n) is 12.7. The Morgan fingerprint density at radius 3 is 2.27 bits per heavy atom. The topological polar surface area (TPSA) is 58.6 Å². The van der Waals surface area contributed by atoms with Crippen molar-refractivity contribution in [3.8, 4) is 5.75 Å². The standard InChI is InChI=1S/C32H34N2O3/c1-23(2)33-32(36)29(20-25-12-5-4-6-13-25)34(21-26-14-9-11-24(3)19-26)31(35)22-37-30-18-10-16-27-15-7-8-17-28(27)30/h4-19,23,29H,20-22H2,1-3H3,(H,33,36)/t29-/m0/s1. The lowest BCUT2D eigenvalue weighted by molar-refractivity contribution is -0.143. The fourth-order valence-corrected chi connectivity index (χ4v) is 4.49. The molecule has 5 heteroatoms. The SMILES string of the molecule is Cc1cccc(CN(C(=O)COc2cccc3ccccc23)[C@@H](Cc2ccccc2)C(=O)NC(C)C)c1. The van der Waals surface area contributed by atoms with Gasteiger partial charge in [0.25, 0.3) is 5.91 Å². The third-order valence-electron chi connectivity index (χ3n) is 6.24. The summed E-state index contributed by atoms with van der Waals surface area (Å²) in [4.78, 5) is 28.9. The zero-order valence-corrected chi connectivity index (χ0v) is 21.7. The van der Waals surface area contributed by atoms with E-state index in [0.29, 0.717) is 18.7 Å². The zero-order chi connectivity index (χ0) is 26.2. The van der Waals surface area contributed by atoms with E-state index in [1.54, 1.807) is 4.90 Å². The van der Waals surface area contributed by atoms with Crippen LogP contribution in [0.25, 0.3) is 10.8 Å². The van der Waals surface area contributed by atoms with Gasteiger partial charge in [0.2, 0.25) is 5.91 Å². The van der Waals surface area contributed by atoms with Gasteiger partial charge in [-0.3, -0.25) is 9.59 Å². The Bertz CT molecular complexity index is 1350. The normalized spacial score (nSPS) is 11.8. The molecule has 0 aromatic heterocycles. The number of fused-ring (bicyclic) bond motifs is 1. The summed E-state index contributed by atoms with van der Waals surface area (Å²) in [6, 6.07) is 30.8. The van der Waals surface area contributed by atoms with Crippen LogP contribution in [0, 0.1) is 6.92 Å². The van der Waals surface area contributed by atoms with Crippen LogP contribution < -0.4 is 10.1 Å². The number of hydrogen-bond acceptors (Lipinski definition) is 3. The molecule has 37 heavy (non-hydrogen) atoms. The second-order valence-corrected chi connectivity index (χ2v) is 9.65. The van der Waals surface area contributed by atoms with Crippen LogP contribution >= 0.6 is 0 Å². The highest BCUT2D eigenvalue weighted by molar-refractivity contribution is 5.90. The second kappa shape index (κ2) is 12.2. The summed E-state index contributed by atoms with van der Waals surface area (Å²) in [6.07, 6.45) is 0.408. The lowest BCUT2D eigenvalue weighted by atomic mass is 10.0. The summed E-state index contributed by atoms with van der Waals surface area (Å²) in [5.74, 6) is 0.229. The molecular weight excluding hydrogens is 460 g/mol. The Morgan fingerprint density at radius 1 is 0.838 bits per heavy atom. The maximum atomic E-state index is 13.8. The van der Waals surface area contributed by atoms with Gasteiger partial charge in [-0.25, -0.2) is 0 Å². The molecule has 0 aliphatic rings. The fraction of sp³-hybridized carbons (Fsp3) is 0.250. The number of ether oxygens (including phenoxy) is 1. The predicted octanol–water partition coefficient (Wildman–Crippen LogP) is 5.69. The first-order chi connectivity index (χ1) is 17.9. The molecule has 5 nitrogen and oxygen atoms in total. The van der Waals surface area contributed by atoms with Crippen LogP contribution in [0.4, 0.5) is 0 Å². The van der Waals surface area contributed by atoms with E-state index >= 15 is 0 Å². The third-order valence-corrected chi connectivity index (χ3v) is 6.24. The summed E-state index contributed by atoms with van der Waals surface area (Å²) in [7, 11) is 0. The molecule has 0 spiro atoms. The number of carbonyl (C=O) groups excluding carboxylic acids is 2. The number of hydrogen-bond donors (Lipinski definition) is 1. The van der Waals surface area contributed by atoms with Gasteiger partial charge >= 0.3 is 0 Å². The summed E-state index contributed by atoms with van der Waals surface area (Å²) >= 11 is 0. The van der Waals surface area contributed by atoms with Crippen LogP contribution in [0.1, 0.15) is 30.5 Å². The molecule has 4 rings (SSSR count). The van der Waals surface area contributed by atoms with Crippen molar-refractivity contribution in [2.75, 3.05) is 6.61 Å². The van der Waals surface area contributed by atoms with E-state index < -0.39 is 6.04 Å². The molecule has 4 aromatic rings. The molecule has 190 valence electrons. The highest BCUT2D eigenvalue weighted by Crippen LogP contribution is 2.25. The second-order valence-electron chi connectivity index (χ2n) is 9.65. The molecule has 0 bridgehead atoms. The number of aryl methyl sites for hydroxylation is 1.